The summed E-state index contributed by atoms with van der Waals surface area (Å²) in [7, 11) is -3.50. The number of sulfonamides is 1. The van der Waals surface area contributed by atoms with Gasteiger partial charge in [-0.05, 0) is 68.2 Å². The third-order valence-electron chi connectivity index (χ3n) is 5.20. The van der Waals surface area contributed by atoms with Crippen LogP contribution in [-0.4, -0.2) is 26.9 Å². The van der Waals surface area contributed by atoms with E-state index in [1.807, 2.05) is 0 Å². The van der Waals surface area contributed by atoms with E-state index >= 15 is 0 Å². The molecule has 5 nitrogen and oxygen atoms in total. The lowest BCUT2D eigenvalue weighted by atomic mass is 9.88. The summed E-state index contributed by atoms with van der Waals surface area (Å²) >= 11 is 0. The van der Waals surface area contributed by atoms with E-state index in [-0.39, 0.29) is 11.9 Å². The third kappa shape index (κ3) is 3.64. The van der Waals surface area contributed by atoms with Crippen molar-refractivity contribution in [2.75, 3.05) is 11.4 Å². The SMILES string of the molecule is CC(=O)N1CCCc2cc(S(=O)(=O)NC3CCC(C)CC3)ccc21. The highest BCUT2D eigenvalue weighted by molar-refractivity contribution is 7.89. The van der Waals surface area contributed by atoms with E-state index in [9.17, 15) is 13.2 Å². The van der Waals surface area contributed by atoms with Gasteiger partial charge in [0, 0.05) is 25.2 Å². The second kappa shape index (κ2) is 6.84. The van der Waals surface area contributed by atoms with Crippen molar-refractivity contribution in [3.63, 3.8) is 0 Å². The molecule has 0 radical (unpaired) electrons. The molecule has 0 atom stereocenters. The van der Waals surface area contributed by atoms with Crippen LogP contribution in [0.1, 0.15) is 51.5 Å². The van der Waals surface area contributed by atoms with E-state index in [2.05, 4.69) is 11.6 Å². The van der Waals surface area contributed by atoms with Crippen molar-refractivity contribution in [3.05, 3.63) is 23.8 Å². The molecule has 1 saturated carbocycles. The highest BCUT2D eigenvalue weighted by Gasteiger charge is 2.26. The van der Waals surface area contributed by atoms with E-state index in [1.54, 1.807) is 30.0 Å². The van der Waals surface area contributed by atoms with Gasteiger partial charge >= 0.3 is 0 Å². The summed E-state index contributed by atoms with van der Waals surface area (Å²) in [5.41, 5.74) is 1.79. The number of rotatable bonds is 3. The molecule has 0 aromatic heterocycles. The van der Waals surface area contributed by atoms with Crippen molar-refractivity contribution in [2.45, 2.75) is 63.3 Å². The van der Waals surface area contributed by atoms with Crippen molar-refractivity contribution in [3.8, 4) is 0 Å². The van der Waals surface area contributed by atoms with Crippen LogP contribution in [0.25, 0.3) is 0 Å². The number of carbonyl (C=O) groups is 1. The number of fused-ring (bicyclic) bond motifs is 1. The minimum Gasteiger partial charge on any atom is -0.312 e. The van der Waals surface area contributed by atoms with Gasteiger partial charge in [-0.3, -0.25) is 4.79 Å². The maximum Gasteiger partial charge on any atom is 0.240 e. The van der Waals surface area contributed by atoms with E-state index in [4.69, 9.17) is 0 Å². The Morgan fingerprint density at radius 1 is 1.21 bits per heavy atom. The molecule has 0 unspecified atom stereocenters. The first-order valence-electron chi connectivity index (χ1n) is 8.80. The van der Waals surface area contributed by atoms with E-state index in [1.165, 1.54) is 0 Å². The molecule has 1 fully saturated rings. The zero-order valence-electron chi connectivity index (χ0n) is 14.4. The smallest absolute Gasteiger partial charge is 0.240 e. The van der Waals surface area contributed by atoms with Crippen molar-refractivity contribution >= 4 is 21.6 Å². The van der Waals surface area contributed by atoms with Crippen LogP contribution in [-0.2, 0) is 21.2 Å². The number of nitrogens with zero attached hydrogens (tertiary/aromatic N) is 1. The number of nitrogens with one attached hydrogen (secondary N) is 1. The molecule has 0 spiro atoms. The Balaban J connectivity index is 1.80. The first kappa shape index (κ1) is 17.4. The van der Waals surface area contributed by atoms with Gasteiger partial charge in [-0.25, -0.2) is 13.1 Å². The Morgan fingerprint density at radius 2 is 1.92 bits per heavy atom. The predicted octanol–water partition coefficient (Wildman–Crippen LogP) is 2.84. The third-order valence-corrected chi connectivity index (χ3v) is 6.72. The molecule has 0 saturated heterocycles. The maximum atomic E-state index is 12.7. The lowest BCUT2D eigenvalue weighted by Crippen LogP contribution is -2.37. The summed E-state index contributed by atoms with van der Waals surface area (Å²) in [5, 5.41) is 0. The Bertz CT molecular complexity index is 722. The molecule has 1 aliphatic carbocycles. The summed E-state index contributed by atoms with van der Waals surface area (Å²) in [4.78, 5) is 13.8. The summed E-state index contributed by atoms with van der Waals surface area (Å²) in [5.74, 6) is 0.688. The average Bonchev–Trinajstić information content (AvgIpc) is 2.55. The largest absolute Gasteiger partial charge is 0.312 e. The van der Waals surface area contributed by atoms with Gasteiger partial charge in [0.1, 0.15) is 0 Å². The summed E-state index contributed by atoms with van der Waals surface area (Å²) in [6.07, 6.45) is 5.64. The summed E-state index contributed by atoms with van der Waals surface area (Å²) in [6.45, 7) is 4.47. The number of hydrogen-bond donors (Lipinski definition) is 1. The van der Waals surface area contributed by atoms with Gasteiger partial charge in [0.2, 0.25) is 15.9 Å². The van der Waals surface area contributed by atoms with E-state index < -0.39 is 10.0 Å². The van der Waals surface area contributed by atoms with Gasteiger partial charge in [0.15, 0.2) is 0 Å². The number of carbonyl (C=O) groups excluding carboxylic acids is 1. The molecule has 0 bridgehead atoms. The molecule has 2 aliphatic rings. The predicted molar refractivity (Wildman–Crippen MR) is 94.5 cm³/mol. The molecule has 3 rings (SSSR count). The number of amides is 1. The monoisotopic (exact) mass is 350 g/mol. The fourth-order valence-corrected chi connectivity index (χ4v) is 5.09. The highest BCUT2D eigenvalue weighted by atomic mass is 32.2. The molecule has 6 heteroatoms. The molecule has 1 N–H and O–H groups in total. The van der Waals surface area contributed by atoms with E-state index in [0.29, 0.717) is 17.4 Å². The molecule has 132 valence electrons. The molecule has 1 amide bonds. The number of hydrogen-bond acceptors (Lipinski definition) is 3. The Labute approximate surface area is 144 Å². The normalized spacial score (nSPS) is 24.5. The molecular weight excluding hydrogens is 324 g/mol. The first-order chi connectivity index (χ1) is 11.4. The van der Waals surface area contributed by atoms with Crippen molar-refractivity contribution < 1.29 is 13.2 Å². The zero-order valence-corrected chi connectivity index (χ0v) is 15.2. The van der Waals surface area contributed by atoms with Crippen LogP contribution in [0.2, 0.25) is 0 Å². The Morgan fingerprint density at radius 3 is 2.58 bits per heavy atom. The molecule has 1 aromatic rings. The molecule has 1 aliphatic heterocycles. The molecule has 1 aromatic carbocycles. The standard InChI is InChI=1S/C18H26N2O3S/c1-13-5-7-16(8-6-13)19-24(22,23)17-9-10-18-15(12-17)4-3-11-20(18)14(2)21/h9-10,12-13,16,19H,3-8,11H2,1-2H3. The van der Waals surface area contributed by atoms with Crippen LogP contribution in [0.3, 0.4) is 0 Å². The summed E-state index contributed by atoms with van der Waals surface area (Å²) in [6, 6.07) is 5.16. The highest BCUT2D eigenvalue weighted by Crippen LogP contribution is 2.30. The van der Waals surface area contributed by atoms with Crippen molar-refractivity contribution in [1.82, 2.24) is 4.72 Å². The zero-order chi connectivity index (χ0) is 17.3. The van der Waals surface area contributed by atoms with Crippen molar-refractivity contribution in [2.24, 2.45) is 5.92 Å². The van der Waals surface area contributed by atoms with Gasteiger partial charge in [0.05, 0.1) is 4.90 Å². The van der Waals surface area contributed by atoms with Crippen LogP contribution < -0.4 is 9.62 Å². The topological polar surface area (TPSA) is 66.5 Å². The second-order valence-corrected chi connectivity index (χ2v) is 8.86. The van der Waals surface area contributed by atoms with Crippen LogP contribution in [0.5, 0.6) is 0 Å². The minimum atomic E-state index is -3.50. The summed E-state index contributed by atoms with van der Waals surface area (Å²) < 4.78 is 28.2. The van der Waals surface area contributed by atoms with Gasteiger partial charge < -0.3 is 4.90 Å². The fraction of sp³-hybridized carbons (Fsp3) is 0.611. The lowest BCUT2D eigenvalue weighted by Gasteiger charge is -2.29. The molecular formula is C18H26N2O3S. The van der Waals surface area contributed by atoms with Crippen molar-refractivity contribution in [1.29, 1.82) is 0 Å². The van der Waals surface area contributed by atoms with Gasteiger partial charge in [0.25, 0.3) is 0 Å². The molecule has 24 heavy (non-hydrogen) atoms. The minimum absolute atomic E-state index is 0.000933. The van der Waals surface area contributed by atoms with E-state index in [0.717, 1.165) is 49.8 Å². The molecule has 1 heterocycles. The lowest BCUT2D eigenvalue weighted by molar-refractivity contribution is -0.116. The van der Waals surface area contributed by atoms with Crippen LogP contribution in [0.15, 0.2) is 23.1 Å². The Kier molecular flexibility index (Phi) is 4.97. The maximum absolute atomic E-state index is 12.7. The van der Waals surface area contributed by atoms with Crippen LogP contribution in [0.4, 0.5) is 5.69 Å². The van der Waals surface area contributed by atoms with Crippen LogP contribution >= 0.6 is 0 Å². The second-order valence-electron chi connectivity index (χ2n) is 7.14. The van der Waals surface area contributed by atoms with Gasteiger partial charge in [-0.15, -0.1) is 0 Å². The number of anilines is 1. The van der Waals surface area contributed by atoms with Gasteiger partial charge in [-0.1, -0.05) is 6.92 Å². The quantitative estimate of drug-likeness (QED) is 0.911. The first-order valence-corrected chi connectivity index (χ1v) is 10.3. The Hall–Kier alpha value is -1.40. The van der Waals surface area contributed by atoms with Gasteiger partial charge in [-0.2, -0.15) is 0 Å². The fourth-order valence-electron chi connectivity index (χ4n) is 3.73. The number of aryl methyl sites for hydroxylation is 1. The number of benzene rings is 1. The average molecular weight is 350 g/mol. The van der Waals surface area contributed by atoms with Crippen LogP contribution in [0, 0.1) is 5.92 Å².